The number of amides is 1. The van der Waals surface area contributed by atoms with Crippen molar-refractivity contribution < 1.29 is 4.79 Å². The maximum Gasteiger partial charge on any atom is 0.238 e. The molecule has 2 N–H and O–H groups in total. The number of nitrogens with zero attached hydrogens (tertiary/aromatic N) is 1. The van der Waals surface area contributed by atoms with Crippen molar-refractivity contribution in [2.45, 2.75) is 0 Å². The van der Waals surface area contributed by atoms with Crippen LogP contribution >= 0.6 is 11.6 Å². The van der Waals surface area contributed by atoms with E-state index in [0.717, 1.165) is 0 Å². The lowest BCUT2D eigenvalue weighted by molar-refractivity contribution is -0.115. The third-order valence-electron chi connectivity index (χ3n) is 1.71. The van der Waals surface area contributed by atoms with Gasteiger partial charge in [-0.2, -0.15) is 5.26 Å². The molecule has 0 unspecified atom stereocenters. The fraction of sp³-hybridized carbons (Fsp3) is 0.200. The second-order valence-corrected chi connectivity index (χ2v) is 3.29. The molecule has 0 saturated carbocycles. The molecule has 0 fully saturated rings. The number of nitriles is 1. The number of carbonyl (C=O) groups is 1. The van der Waals surface area contributed by atoms with Gasteiger partial charge in [-0.05, 0) is 25.2 Å². The van der Waals surface area contributed by atoms with Gasteiger partial charge in [-0.3, -0.25) is 4.79 Å². The zero-order valence-electron chi connectivity index (χ0n) is 8.17. The number of rotatable bonds is 3. The van der Waals surface area contributed by atoms with Gasteiger partial charge >= 0.3 is 0 Å². The smallest absolute Gasteiger partial charge is 0.238 e. The van der Waals surface area contributed by atoms with Crippen LogP contribution in [0.3, 0.4) is 0 Å². The lowest BCUT2D eigenvalue weighted by Crippen LogP contribution is -2.25. The first kappa shape index (κ1) is 11.5. The Morgan fingerprint density at radius 3 is 2.87 bits per heavy atom. The van der Waals surface area contributed by atoms with E-state index in [-0.39, 0.29) is 12.5 Å². The quantitative estimate of drug-likeness (QED) is 0.814. The Bertz CT molecular complexity index is 412. The molecular formula is C10H10ClN3O. The van der Waals surface area contributed by atoms with E-state index in [9.17, 15) is 4.79 Å². The van der Waals surface area contributed by atoms with Crippen molar-refractivity contribution in [1.29, 1.82) is 5.26 Å². The number of halogens is 1. The topological polar surface area (TPSA) is 64.9 Å². The van der Waals surface area contributed by atoms with Gasteiger partial charge in [0.1, 0.15) is 6.07 Å². The minimum Gasteiger partial charge on any atom is -0.325 e. The van der Waals surface area contributed by atoms with Gasteiger partial charge in [-0.25, -0.2) is 0 Å². The first-order valence-corrected chi connectivity index (χ1v) is 4.69. The van der Waals surface area contributed by atoms with E-state index in [0.29, 0.717) is 16.3 Å². The van der Waals surface area contributed by atoms with Crippen molar-refractivity contribution in [3.63, 3.8) is 0 Å². The summed E-state index contributed by atoms with van der Waals surface area (Å²) in [5, 5.41) is 14.3. The highest BCUT2D eigenvalue weighted by Gasteiger charge is 2.03. The van der Waals surface area contributed by atoms with Crippen molar-refractivity contribution in [1.82, 2.24) is 5.32 Å². The minimum absolute atomic E-state index is 0.154. The van der Waals surface area contributed by atoms with Gasteiger partial charge in [0.2, 0.25) is 5.91 Å². The summed E-state index contributed by atoms with van der Waals surface area (Å²) in [7, 11) is 1.69. The highest BCUT2D eigenvalue weighted by atomic mass is 35.5. The summed E-state index contributed by atoms with van der Waals surface area (Å²) in [6, 6.07) is 6.70. The van der Waals surface area contributed by atoms with Crippen LogP contribution in [0, 0.1) is 11.3 Å². The van der Waals surface area contributed by atoms with Crippen LogP contribution < -0.4 is 10.6 Å². The van der Waals surface area contributed by atoms with Crippen LogP contribution in [0.15, 0.2) is 18.2 Å². The van der Waals surface area contributed by atoms with Crippen molar-refractivity contribution >= 4 is 23.2 Å². The van der Waals surface area contributed by atoms with Crippen molar-refractivity contribution in [2.24, 2.45) is 0 Å². The molecule has 0 aromatic heterocycles. The number of hydrogen-bond acceptors (Lipinski definition) is 3. The number of benzene rings is 1. The van der Waals surface area contributed by atoms with Crippen molar-refractivity contribution in [2.75, 3.05) is 18.9 Å². The molecule has 0 heterocycles. The van der Waals surface area contributed by atoms with E-state index < -0.39 is 0 Å². The fourth-order valence-electron chi connectivity index (χ4n) is 1.05. The van der Waals surface area contributed by atoms with Gasteiger partial charge in [0, 0.05) is 5.69 Å². The lowest BCUT2D eigenvalue weighted by Gasteiger charge is -2.05. The summed E-state index contributed by atoms with van der Waals surface area (Å²) in [6.07, 6.45) is 0. The Morgan fingerprint density at radius 1 is 1.60 bits per heavy atom. The van der Waals surface area contributed by atoms with Crippen LogP contribution in [0.1, 0.15) is 5.56 Å². The van der Waals surface area contributed by atoms with E-state index >= 15 is 0 Å². The van der Waals surface area contributed by atoms with Gasteiger partial charge in [-0.15, -0.1) is 0 Å². The normalized spacial score (nSPS) is 9.40. The highest BCUT2D eigenvalue weighted by molar-refractivity contribution is 6.32. The molecule has 0 radical (unpaired) electrons. The molecule has 15 heavy (non-hydrogen) atoms. The largest absolute Gasteiger partial charge is 0.325 e. The molecule has 0 saturated heterocycles. The second-order valence-electron chi connectivity index (χ2n) is 2.88. The van der Waals surface area contributed by atoms with Crippen LogP contribution in [0.2, 0.25) is 5.02 Å². The van der Waals surface area contributed by atoms with E-state index in [2.05, 4.69) is 10.6 Å². The van der Waals surface area contributed by atoms with Gasteiger partial charge in [-0.1, -0.05) is 11.6 Å². The summed E-state index contributed by atoms with van der Waals surface area (Å²) >= 11 is 5.80. The fourth-order valence-corrected chi connectivity index (χ4v) is 1.27. The Kier molecular flexibility index (Phi) is 4.10. The van der Waals surface area contributed by atoms with Gasteiger partial charge in [0.25, 0.3) is 0 Å². The summed E-state index contributed by atoms with van der Waals surface area (Å²) < 4.78 is 0. The second kappa shape index (κ2) is 5.35. The van der Waals surface area contributed by atoms with Crippen LogP contribution in [0.25, 0.3) is 0 Å². The van der Waals surface area contributed by atoms with Gasteiger partial charge in [0.05, 0.1) is 17.1 Å². The van der Waals surface area contributed by atoms with Crippen molar-refractivity contribution in [3.8, 4) is 6.07 Å². The predicted molar refractivity (Wildman–Crippen MR) is 58.7 cm³/mol. The predicted octanol–water partition coefficient (Wildman–Crippen LogP) is 1.37. The average Bonchev–Trinajstić information content (AvgIpc) is 2.18. The van der Waals surface area contributed by atoms with Crippen LogP contribution in [-0.2, 0) is 4.79 Å². The van der Waals surface area contributed by atoms with E-state index in [4.69, 9.17) is 16.9 Å². The molecular weight excluding hydrogens is 214 g/mol. The molecule has 0 aliphatic heterocycles. The Hall–Kier alpha value is -1.57. The van der Waals surface area contributed by atoms with Crippen LogP contribution in [-0.4, -0.2) is 19.5 Å². The molecule has 5 heteroatoms. The Balaban J connectivity index is 2.76. The molecule has 78 valence electrons. The lowest BCUT2D eigenvalue weighted by atomic mass is 10.2. The molecule has 1 aromatic carbocycles. The molecule has 1 rings (SSSR count). The first-order valence-electron chi connectivity index (χ1n) is 4.31. The molecule has 0 spiro atoms. The zero-order chi connectivity index (χ0) is 11.3. The maximum atomic E-state index is 11.2. The third-order valence-corrected chi connectivity index (χ3v) is 2.02. The first-order chi connectivity index (χ1) is 7.17. The molecule has 0 aliphatic rings. The summed E-state index contributed by atoms with van der Waals surface area (Å²) in [4.78, 5) is 11.2. The molecule has 4 nitrogen and oxygen atoms in total. The average molecular weight is 224 g/mol. The number of carbonyl (C=O) groups excluding carboxylic acids is 1. The number of nitrogens with one attached hydrogen (secondary N) is 2. The molecule has 0 bridgehead atoms. The number of likely N-dealkylation sites (N-methyl/N-ethyl adjacent to an activating group) is 1. The molecule has 1 amide bonds. The zero-order valence-corrected chi connectivity index (χ0v) is 8.93. The summed E-state index contributed by atoms with van der Waals surface area (Å²) in [5.41, 5.74) is 0.975. The number of anilines is 1. The van der Waals surface area contributed by atoms with Crippen LogP contribution in [0.4, 0.5) is 5.69 Å². The van der Waals surface area contributed by atoms with Crippen LogP contribution in [0.5, 0.6) is 0 Å². The van der Waals surface area contributed by atoms with E-state index in [1.165, 1.54) is 0 Å². The van der Waals surface area contributed by atoms with Crippen molar-refractivity contribution in [3.05, 3.63) is 28.8 Å². The molecule has 1 aromatic rings. The van der Waals surface area contributed by atoms with Gasteiger partial charge < -0.3 is 10.6 Å². The maximum absolute atomic E-state index is 11.2. The molecule has 0 aliphatic carbocycles. The monoisotopic (exact) mass is 223 g/mol. The standard InChI is InChI=1S/C10H10ClN3O/c1-13-6-10(15)14-8-3-2-7(5-12)9(11)4-8/h2-4,13H,6H2,1H3,(H,14,15). The Morgan fingerprint density at radius 2 is 2.33 bits per heavy atom. The summed E-state index contributed by atoms with van der Waals surface area (Å²) in [5.74, 6) is -0.154. The van der Waals surface area contributed by atoms with Gasteiger partial charge in [0.15, 0.2) is 0 Å². The minimum atomic E-state index is -0.154. The SMILES string of the molecule is CNCC(=O)Nc1ccc(C#N)c(Cl)c1. The van der Waals surface area contributed by atoms with E-state index in [1.54, 1.807) is 25.2 Å². The number of hydrogen-bond donors (Lipinski definition) is 2. The van der Waals surface area contributed by atoms with E-state index in [1.807, 2.05) is 6.07 Å². The Labute approximate surface area is 92.8 Å². The third kappa shape index (κ3) is 3.24. The molecule has 0 atom stereocenters. The highest BCUT2D eigenvalue weighted by Crippen LogP contribution is 2.19. The summed E-state index contributed by atoms with van der Waals surface area (Å²) in [6.45, 7) is 0.234.